The summed E-state index contributed by atoms with van der Waals surface area (Å²) in [5, 5.41) is 2.53. The van der Waals surface area contributed by atoms with Gasteiger partial charge in [-0.3, -0.25) is 4.79 Å². The molecule has 0 saturated heterocycles. The summed E-state index contributed by atoms with van der Waals surface area (Å²) in [6.45, 7) is -0.184. The van der Waals surface area contributed by atoms with Crippen LogP contribution >= 0.6 is 11.3 Å². The van der Waals surface area contributed by atoms with Gasteiger partial charge >= 0.3 is 0 Å². The maximum Gasteiger partial charge on any atom is 0.255 e. The molecule has 1 heterocycles. The minimum Gasteiger partial charge on any atom is -0.383 e. The number of alkyl halides is 2. The van der Waals surface area contributed by atoms with Gasteiger partial charge in [0.25, 0.3) is 12.3 Å². The number of rotatable bonds is 6. The molecule has 0 spiro atoms. The highest BCUT2D eigenvalue weighted by Gasteiger charge is 2.21. The molecule has 2 rings (SSSR count). The predicted octanol–water partition coefficient (Wildman–Crippen LogP) is 3.26. The molecule has 0 unspecified atom stereocenters. The van der Waals surface area contributed by atoms with Crippen molar-refractivity contribution in [3.05, 3.63) is 35.2 Å². The lowest BCUT2D eigenvalue weighted by Crippen LogP contribution is -2.37. The number of fused-ring (bicyclic) bond motifs is 1. The summed E-state index contributed by atoms with van der Waals surface area (Å²) in [4.78, 5) is 13.5. The Balaban J connectivity index is 2.26. The lowest BCUT2D eigenvalue weighted by Gasteiger charge is -2.21. The topological polar surface area (TPSA) is 29.5 Å². The number of nitrogens with zero attached hydrogens (tertiary/aromatic N) is 1. The Kier molecular flexibility index (Phi) is 5.03. The molecular formula is C14H15F2NO2S. The van der Waals surface area contributed by atoms with Crippen LogP contribution < -0.4 is 0 Å². The molecular weight excluding hydrogens is 284 g/mol. The zero-order valence-electron chi connectivity index (χ0n) is 11.0. The molecule has 1 aromatic heterocycles. The molecule has 0 saturated carbocycles. The van der Waals surface area contributed by atoms with Crippen molar-refractivity contribution < 1.29 is 18.3 Å². The number of halogens is 2. The lowest BCUT2D eigenvalue weighted by atomic mass is 10.1. The Morgan fingerprint density at radius 1 is 1.40 bits per heavy atom. The van der Waals surface area contributed by atoms with E-state index < -0.39 is 13.0 Å². The Labute approximate surface area is 119 Å². The van der Waals surface area contributed by atoms with Gasteiger partial charge in [-0.25, -0.2) is 8.78 Å². The van der Waals surface area contributed by atoms with E-state index in [4.69, 9.17) is 4.74 Å². The predicted molar refractivity (Wildman–Crippen MR) is 75.6 cm³/mol. The molecule has 2 aromatic rings. The number of carbonyl (C=O) groups excluding carboxylic acids is 1. The van der Waals surface area contributed by atoms with Crippen molar-refractivity contribution in [2.24, 2.45) is 0 Å². The third-order valence-corrected chi connectivity index (χ3v) is 3.89. The molecule has 0 radical (unpaired) electrons. The van der Waals surface area contributed by atoms with Gasteiger partial charge in [0.2, 0.25) is 0 Å². The van der Waals surface area contributed by atoms with E-state index in [2.05, 4.69) is 0 Å². The molecule has 108 valence electrons. The summed E-state index contributed by atoms with van der Waals surface area (Å²) in [5.41, 5.74) is 0.474. The van der Waals surface area contributed by atoms with Crippen LogP contribution in [0.5, 0.6) is 0 Å². The van der Waals surface area contributed by atoms with Gasteiger partial charge in [0, 0.05) is 29.1 Å². The van der Waals surface area contributed by atoms with E-state index >= 15 is 0 Å². The van der Waals surface area contributed by atoms with Gasteiger partial charge < -0.3 is 9.64 Å². The van der Waals surface area contributed by atoms with Gasteiger partial charge in [0.05, 0.1) is 18.7 Å². The number of thiophene rings is 1. The molecule has 0 N–H and O–H groups in total. The zero-order valence-corrected chi connectivity index (χ0v) is 11.8. The monoisotopic (exact) mass is 299 g/mol. The summed E-state index contributed by atoms with van der Waals surface area (Å²) in [5.74, 6) is -0.375. The molecule has 0 atom stereocenters. The molecule has 1 aromatic carbocycles. The molecule has 0 fully saturated rings. The van der Waals surface area contributed by atoms with Gasteiger partial charge in [-0.2, -0.15) is 0 Å². The highest BCUT2D eigenvalue weighted by molar-refractivity contribution is 7.17. The molecule has 0 aliphatic heterocycles. The Bertz CT molecular complexity index is 585. The van der Waals surface area contributed by atoms with Gasteiger partial charge in [0.15, 0.2) is 0 Å². The van der Waals surface area contributed by atoms with Crippen LogP contribution in [0.3, 0.4) is 0 Å². The van der Waals surface area contributed by atoms with Gasteiger partial charge in [-0.15, -0.1) is 11.3 Å². The van der Waals surface area contributed by atoms with E-state index in [0.717, 1.165) is 15.0 Å². The van der Waals surface area contributed by atoms with Crippen LogP contribution in [0.1, 0.15) is 10.4 Å². The maximum atomic E-state index is 12.6. The first-order valence-electron chi connectivity index (χ1n) is 6.16. The summed E-state index contributed by atoms with van der Waals surface area (Å²) in [6.07, 6.45) is -2.55. The second-order valence-electron chi connectivity index (χ2n) is 4.28. The average Bonchev–Trinajstić information content (AvgIpc) is 2.86. The molecule has 1 amide bonds. The third kappa shape index (κ3) is 3.32. The SMILES string of the molecule is COCCN(CC(F)F)C(=O)c1csc2ccccc12. The van der Waals surface area contributed by atoms with Crippen LogP contribution in [0.25, 0.3) is 10.1 Å². The van der Waals surface area contributed by atoms with Gasteiger partial charge in [0.1, 0.15) is 0 Å². The van der Waals surface area contributed by atoms with Crippen molar-refractivity contribution in [3.8, 4) is 0 Å². The summed E-state index contributed by atoms with van der Waals surface area (Å²) in [6, 6.07) is 7.45. The van der Waals surface area contributed by atoms with Crippen LogP contribution in [0.2, 0.25) is 0 Å². The van der Waals surface area contributed by atoms with Gasteiger partial charge in [-0.1, -0.05) is 18.2 Å². The van der Waals surface area contributed by atoms with Crippen LogP contribution in [-0.2, 0) is 4.74 Å². The fourth-order valence-electron chi connectivity index (χ4n) is 1.96. The lowest BCUT2D eigenvalue weighted by molar-refractivity contribution is 0.0480. The second-order valence-corrected chi connectivity index (χ2v) is 5.19. The largest absolute Gasteiger partial charge is 0.383 e. The van der Waals surface area contributed by atoms with Crippen LogP contribution in [0.15, 0.2) is 29.6 Å². The number of methoxy groups -OCH3 is 1. The maximum absolute atomic E-state index is 12.6. The number of hydrogen-bond donors (Lipinski definition) is 0. The smallest absolute Gasteiger partial charge is 0.255 e. The standard InChI is InChI=1S/C14H15F2NO2S/c1-19-7-6-17(8-13(15)16)14(18)11-9-20-12-5-3-2-4-10(11)12/h2-5,9,13H,6-8H2,1H3. The van der Waals surface area contributed by atoms with Crippen molar-refractivity contribution in [3.63, 3.8) is 0 Å². The number of amides is 1. The quantitative estimate of drug-likeness (QED) is 0.819. The molecule has 20 heavy (non-hydrogen) atoms. The first-order chi connectivity index (χ1) is 9.63. The highest BCUT2D eigenvalue weighted by Crippen LogP contribution is 2.26. The minimum absolute atomic E-state index is 0.157. The first-order valence-corrected chi connectivity index (χ1v) is 7.04. The second kappa shape index (κ2) is 6.76. The Morgan fingerprint density at radius 3 is 2.85 bits per heavy atom. The van der Waals surface area contributed by atoms with Crippen LogP contribution in [0.4, 0.5) is 8.78 Å². The van der Waals surface area contributed by atoms with Crippen molar-refractivity contribution >= 4 is 27.3 Å². The number of ether oxygens (including phenoxy) is 1. The van der Waals surface area contributed by atoms with Gasteiger partial charge in [-0.05, 0) is 6.07 Å². The average molecular weight is 299 g/mol. The third-order valence-electron chi connectivity index (χ3n) is 2.92. The van der Waals surface area contributed by atoms with Crippen molar-refractivity contribution in [1.82, 2.24) is 4.90 Å². The number of carbonyl (C=O) groups is 1. The number of hydrogen-bond acceptors (Lipinski definition) is 3. The normalized spacial score (nSPS) is 11.2. The zero-order chi connectivity index (χ0) is 14.5. The summed E-state index contributed by atoms with van der Waals surface area (Å²) < 4.78 is 31.0. The fourth-order valence-corrected chi connectivity index (χ4v) is 2.89. The van der Waals surface area contributed by atoms with Crippen molar-refractivity contribution in [2.45, 2.75) is 6.43 Å². The summed E-state index contributed by atoms with van der Waals surface area (Å²) in [7, 11) is 1.48. The van der Waals surface area contributed by atoms with E-state index in [0.29, 0.717) is 5.56 Å². The first kappa shape index (κ1) is 14.9. The highest BCUT2D eigenvalue weighted by atomic mass is 32.1. The van der Waals surface area contributed by atoms with Crippen LogP contribution in [0, 0.1) is 0 Å². The van der Waals surface area contributed by atoms with E-state index in [1.54, 1.807) is 5.38 Å². The van der Waals surface area contributed by atoms with E-state index in [9.17, 15) is 13.6 Å². The van der Waals surface area contributed by atoms with E-state index in [1.807, 2.05) is 24.3 Å². The van der Waals surface area contributed by atoms with E-state index in [1.165, 1.54) is 18.4 Å². The molecule has 0 aliphatic rings. The van der Waals surface area contributed by atoms with E-state index in [-0.39, 0.29) is 19.1 Å². The Morgan fingerprint density at radius 2 is 2.15 bits per heavy atom. The minimum atomic E-state index is -2.55. The molecule has 6 heteroatoms. The Hall–Kier alpha value is -1.53. The molecule has 0 bridgehead atoms. The van der Waals surface area contributed by atoms with Crippen LogP contribution in [-0.4, -0.2) is 44.0 Å². The summed E-state index contributed by atoms with van der Waals surface area (Å²) >= 11 is 1.44. The number of benzene rings is 1. The van der Waals surface area contributed by atoms with Crippen molar-refractivity contribution in [2.75, 3.05) is 26.8 Å². The fraction of sp³-hybridized carbons (Fsp3) is 0.357. The molecule has 0 aliphatic carbocycles. The van der Waals surface area contributed by atoms with Crippen molar-refractivity contribution in [1.29, 1.82) is 0 Å². The molecule has 3 nitrogen and oxygen atoms in total.